The van der Waals surface area contributed by atoms with Crippen LogP contribution < -0.4 is 10.2 Å². The molecule has 0 unspecified atom stereocenters. The molecule has 0 aliphatic carbocycles. The molecule has 0 atom stereocenters. The highest BCUT2D eigenvalue weighted by Crippen LogP contribution is 2.28. The second-order valence-corrected chi connectivity index (χ2v) is 9.95. The third kappa shape index (κ3) is 4.52. The van der Waals surface area contributed by atoms with Crippen molar-refractivity contribution in [2.45, 2.75) is 43.4 Å². The highest BCUT2D eigenvalue weighted by molar-refractivity contribution is 7.89. The van der Waals surface area contributed by atoms with Gasteiger partial charge in [0.2, 0.25) is 10.0 Å². The molecule has 0 spiro atoms. The van der Waals surface area contributed by atoms with Crippen molar-refractivity contribution < 1.29 is 13.2 Å². The lowest BCUT2D eigenvalue weighted by molar-refractivity contribution is 0.102. The van der Waals surface area contributed by atoms with Crippen LogP contribution in [-0.2, 0) is 10.0 Å². The molecule has 1 N–H and O–H groups in total. The maximum absolute atomic E-state index is 12.8. The first kappa shape index (κ1) is 20.9. The number of hydrogen-bond donors (Lipinski definition) is 1. The minimum atomic E-state index is -3.47. The van der Waals surface area contributed by atoms with E-state index in [0.717, 1.165) is 50.1 Å². The van der Waals surface area contributed by atoms with E-state index in [0.29, 0.717) is 18.7 Å². The molecule has 2 fully saturated rings. The standard InChI is InChI=1S/C23H29N3O3S/c27-23(19-11-13-20(14-12-19)30(28,29)26-17-7-8-18-26)24-21-9-3-4-10-22(21)25-15-5-1-2-6-16-25/h3-4,9-14H,1-2,5-8,15-18H2,(H,24,27). The number of hydrogen-bond acceptors (Lipinski definition) is 4. The Morgan fingerprint density at radius 1 is 0.767 bits per heavy atom. The van der Waals surface area contributed by atoms with Crippen molar-refractivity contribution in [3.05, 3.63) is 54.1 Å². The Balaban J connectivity index is 1.49. The number of sulfonamides is 1. The van der Waals surface area contributed by atoms with Crippen LogP contribution in [0.3, 0.4) is 0 Å². The first-order chi connectivity index (χ1) is 14.6. The van der Waals surface area contributed by atoms with E-state index in [1.807, 2.05) is 24.3 Å². The van der Waals surface area contributed by atoms with Gasteiger partial charge in [0.15, 0.2) is 0 Å². The van der Waals surface area contributed by atoms with Gasteiger partial charge in [-0.15, -0.1) is 0 Å². The van der Waals surface area contributed by atoms with E-state index in [1.54, 1.807) is 12.1 Å². The molecule has 2 saturated heterocycles. The Hall–Kier alpha value is -2.38. The van der Waals surface area contributed by atoms with Crippen LogP contribution in [0.25, 0.3) is 0 Å². The summed E-state index contributed by atoms with van der Waals surface area (Å²) >= 11 is 0. The van der Waals surface area contributed by atoms with Crippen molar-refractivity contribution in [2.75, 3.05) is 36.4 Å². The molecule has 0 saturated carbocycles. The summed E-state index contributed by atoms with van der Waals surface area (Å²) < 4.78 is 26.9. The molecule has 6 nitrogen and oxygen atoms in total. The SMILES string of the molecule is O=C(Nc1ccccc1N1CCCCCC1)c1ccc(S(=O)(=O)N2CCCC2)cc1. The minimum Gasteiger partial charge on any atom is -0.370 e. The van der Waals surface area contributed by atoms with E-state index in [4.69, 9.17) is 0 Å². The van der Waals surface area contributed by atoms with Gasteiger partial charge in [-0.2, -0.15) is 4.31 Å². The average Bonchev–Trinajstić information content (AvgIpc) is 3.19. The molecule has 0 radical (unpaired) electrons. The van der Waals surface area contributed by atoms with Crippen LogP contribution in [0.1, 0.15) is 48.9 Å². The Bertz CT molecular complexity index is 975. The Morgan fingerprint density at radius 3 is 2.03 bits per heavy atom. The van der Waals surface area contributed by atoms with Gasteiger partial charge >= 0.3 is 0 Å². The summed E-state index contributed by atoms with van der Waals surface area (Å²) in [7, 11) is -3.47. The molecule has 7 heteroatoms. The highest BCUT2D eigenvalue weighted by Gasteiger charge is 2.27. The van der Waals surface area contributed by atoms with Crippen LogP contribution in [0, 0.1) is 0 Å². The smallest absolute Gasteiger partial charge is 0.255 e. The Labute approximate surface area is 178 Å². The van der Waals surface area contributed by atoms with Crippen molar-refractivity contribution in [3.63, 3.8) is 0 Å². The van der Waals surface area contributed by atoms with Crippen LogP contribution >= 0.6 is 0 Å². The molecular weight excluding hydrogens is 398 g/mol. The number of carbonyl (C=O) groups excluding carboxylic acids is 1. The second-order valence-electron chi connectivity index (χ2n) is 8.01. The number of para-hydroxylation sites is 2. The van der Waals surface area contributed by atoms with Crippen molar-refractivity contribution >= 4 is 27.3 Å². The molecule has 2 aliphatic rings. The maximum Gasteiger partial charge on any atom is 0.255 e. The fraction of sp³-hybridized carbons (Fsp3) is 0.435. The van der Waals surface area contributed by atoms with Gasteiger partial charge in [0.05, 0.1) is 16.3 Å². The third-order valence-electron chi connectivity index (χ3n) is 5.92. The second kappa shape index (κ2) is 9.18. The van der Waals surface area contributed by atoms with Crippen molar-refractivity contribution in [1.82, 2.24) is 4.31 Å². The quantitative estimate of drug-likeness (QED) is 0.780. The van der Waals surface area contributed by atoms with E-state index < -0.39 is 10.0 Å². The predicted octanol–water partition coefficient (Wildman–Crippen LogP) is 4.10. The lowest BCUT2D eigenvalue weighted by Gasteiger charge is -2.25. The fourth-order valence-corrected chi connectivity index (χ4v) is 5.73. The first-order valence-electron chi connectivity index (χ1n) is 10.8. The Kier molecular flexibility index (Phi) is 6.39. The maximum atomic E-state index is 12.8. The zero-order valence-electron chi connectivity index (χ0n) is 17.2. The number of amides is 1. The number of carbonyl (C=O) groups is 1. The molecule has 30 heavy (non-hydrogen) atoms. The summed E-state index contributed by atoms with van der Waals surface area (Å²) in [6.07, 6.45) is 6.62. The van der Waals surface area contributed by atoms with Gasteiger partial charge in [0, 0.05) is 31.7 Å². The van der Waals surface area contributed by atoms with E-state index in [2.05, 4.69) is 10.2 Å². The Morgan fingerprint density at radius 2 is 1.37 bits per heavy atom. The molecule has 1 amide bonds. The number of nitrogens with zero attached hydrogens (tertiary/aromatic N) is 2. The van der Waals surface area contributed by atoms with Crippen LogP contribution in [0.4, 0.5) is 11.4 Å². The number of nitrogens with one attached hydrogen (secondary N) is 1. The number of rotatable bonds is 5. The number of anilines is 2. The minimum absolute atomic E-state index is 0.234. The van der Waals surface area contributed by atoms with Crippen molar-refractivity contribution in [1.29, 1.82) is 0 Å². The topological polar surface area (TPSA) is 69.7 Å². The summed E-state index contributed by atoms with van der Waals surface area (Å²) in [5.41, 5.74) is 2.28. The lowest BCUT2D eigenvalue weighted by atomic mass is 10.2. The monoisotopic (exact) mass is 427 g/mol. The van der Waals surface area contributed by atoms with Crippen molar-refractivity contribution in [3.8, 4) is 0 Å². The lowest BCUT2D eigenvalue weighted by Crippen LogP contribution is -2.28. The summed E-state index contributed by atoms with van der Waals surface area (Å²) in [4.78, 5) is 15.4. The fourth-order valence-electron chi connectivity index (χ4n) is 4.22. The summed E-state index contributed by atoms with van der Waals surface area (Å²) in [6.45, 7) is 3.13. The molecule has 2 heterocycles. The molecule has 0 aromatic heterocycles. The van der Waals surface area contributed by atoms with Gasteiger partial charge in [-0.25, -0.2) is 8.42 Å². The van der Waals surface area contributed by atoms with E-state index in [1.165, 1.54) is 29.3 Å². The molecule has 2 aromatic rings. The number of benzene rings is 2. The summed E-state index contributed by atoms with van der Waals surface area (Å²) in [6, 6.07) is 14.1. The molecule has 2 aromatic carbocycles. The predicted molar refractivity (Wildman–Crippen MR) is 120 cm³/mol. The molecular formula is C23H29N3O3S. The van der Waals surface area contributed by atoms with E-state index in [-0.39, 0.29) is 10.8 Å². The third-order valence-corrected chi connectivity index (χ3v) is 7.83. The molecule has 160 valence electrons. The highest BCUT2D eigenvalue weighted by atomic mass is 32.2. The van der Waals surface area contributed by atoms with Gasteiger partial charge in [0.25, 0.3) is 5.91 Å². The molecule has 0 bridgehead atoms. The first-order valence-corrected chi connectivity index (χ1v) is 12.3. The molecule has 4 rings (SSSR count). The van der Waals surface area contributed by atoms with Crippen LogP contribution in [-0.4, -0.2) is 44.8 Å². The van der Waals surface area contributed by atoms with Gasteiger partial charge in [-0.3, -0.25) is 4.79 Å². The zero-order valence-corrected chi connectivity index (χ0v) is 18.0. The van der Waals surface area contributed by atoms with Crippen LogP contribution in [0.15, 0.2) is 53.4 Å². The van der Waals surface area contributed by atoms with Crippen LogP contribution in [0.5, 0.6) is 0 Å². The van der Waals surface area contributed by atoms with Gasteiger partial charge in [-0.1, -0.05) is 25.0 Å². The largest absolute Gasteiger partial charge is 0.370 e. The summed E-state index contributed by atoms with van der Waals surface area (Å²) in [5.74, 6) is -0.234. The van der Waals surface area contributed by atoms with Gasteiger partial charge < -0.3 is 10.2 Å². The average molecular weight is 428 g/mol. The van der Waals surface area contributed by atoms with Gasteiger partial charge in [-0.05, 0) is 62.1 Å². The van der Waals surface area contributed by atoms with Gasteiger partial charge in [0.1, 0.15) is 0 Å². The zero-order chi connectivity index (χ0) is 21.0. The van der Waals surface area contributed by atoms with E-state index in [9.17, 15) is 13.2 Å². The van der Waals surface area contributed by atoms with Crippen LogP contribution in [0.2, 0.25) is 0 Å². The normalized spacial score (nSPS) is 18.2. The summed E-state index contributed by atoms with van der Waals surface area (Å²) in [5, 5.41) is 3.02. The van der Waals surface area contributed by atoms with Crippen molar-refractivity contribution in [2.24, 2.45) is 0 Å². The molecule has 2 aliphatic heterocycles. The van der Waals surface area contributed by atoms with E-state index >= 15 is 0 Å².